The van der Waals surface area contributed by atoms with Crippen LogP contribution in [0.5, 0.6) is 5.75 Å². The Balaban J connectivity index is 1.54. The first kappa shape index (κ1) is 16.7. The van der Waals surface area contributed by atoms with Crippen molar-refractivity contribution in [2.24, 2.45) is 5.92 Å². The van der Waals surface area contributed by atoms with Crippen LogP contribution in [0.3, 0.4) is 0 Å². The molecule has 1 unspecified atom stereocenters. The minimum absolute atomic E-state index is 0.00134. The van der Waals surface area contributed by atoms with E-state index in [1.807, 2.05) is 18.2 Å². The van der Waals surface area contributed by atoms with Crippen molar-refractivity contribution in [3.8, 4) is 5.75 Å². The van der Waals surface area contributed by atoms with Gasteiger partial charge in [-0.15, -0.1) is 0 Å². The number of carbonyl (C=O) groups is 1. The van der Waals surface area contributed by atoms with Crippen LogP contribution >= 0.6 is 0 Å². The number of aromatic nitrogens is 1. The SMILES string of the molecule is CCc1ccc(NC(=O)C2CCc3[nH]c4ccc(OC)cc4c3C2)cc1. The zero-order valence-corrected chi connectivity index (χ0v) is 15.3. The van der Waals surface area contributed by atoms with Gasteiger partial charge in [0.25, 0.3) is 0 Å². The highest BCUT2D eigenvalue weighted by molar-refractivity contribution is 5.94. The fourth-order valence-electron chi connectivity index (χ4n) is 3.82. The van der Waals surface area contributed by atoms with Crippen molar-refractivity contribution >= 4 is 22.5 Å². The Morgan fingerprint density at radius 2 is 2.04 bits per heavy atom. The van der Waals surface area contributed by atoms with Crippen LogP contribution in [0.4, 0.5) is 5.69 Å². The minimum atomic E-state index is -0.00134. The maximum Gasteiger partial charge on any atom is 0.227 e. The number of methoxy groups -OCH3 is 1. The van der Waals surface area contributed by atoms with Crippen molar-refractivity contribution in [3.63, 3.8) is 0 Å². The summed E-state index contributed by atoms with van der Waals surface area (Å²) in [6.45, 7) is 2.13. The van der Waals surface area contributed by atoms with Crippen molar-refractivity contribution in [2.75, 3.05) is 12.4 Å². The Morgan fingerprint density at radius 3 is 2.77 bits per heavy atom. The third-order valence-corrected chi connectivity index (χ3v) is 5.40. The second-order valence-corrected chi connectivity index (χ2v) is 6.97. The number of aryl methyl sites for hydroxylation is 2. The van der Waals surface area contributed by atoms with E-state index in [2.05, 4.69) is 41.5 Å². The third-order valence-electron chi connectivity index (χ3n) is 5.40. The van der Waals surface area contributed by atoms with Crippen molar-refractivity contribution in [1.29, 1.82) is 0 Å². The van der Waals surface area contributed by atoms with Crippen LogP contribution in [0.2, 0.25) is 0 Å². The number of H-pyrrole nitrogens is 1. The van der Waals surface area contributed by atoms with Crippen molar-refractivity contribution in [2.45, 2.75) is 32.6 Å². The number of benzene rings is 2. The molecule has 1 amide bonds. The second kappa shape index (κ2) is 6.87. The molecule has 1 heterocycles. The van der Waals surface area contributed by atoms with E-state index in [9.17, 15) is 4.79 Å². The van der Waals surface area contributed by atoms with Crippen LogP contribution in [0, 0.1) is 5.92 Å². The van der Waals surface area contributed by atoms with Gasteiger partial charge in [-0.25, -0.2) is 0 Å². The summed E-state index contributed by atoms with van der Waals surface area (Å²) in [5.41, 5.74) is 5.78. The fourth-order valence-corrected chi connectivity index (χ4v) is 3.82. The largest absolute Gasteiger partial charge is 0.497 e. The molecule has 2 N–H and O–H groups in total. The molecular weight excluding hydrogens is 324 g/mol. The summed E-state index contributed by atoms with van der Waals surface area (Å²) in [7, 11) is 1.68. The number of hydrogen-bond acceptors (Lipinski definition) is 2. The molecule has 134 valence electrons. The lowest BCUT2D eigenvalue weighted by atomic mass is 9.85. The minimum Gasteiger partial charge on any atom is -0.497 e. The lowest BCUT2D eigenvalue weighted by Gasteiger charge is -2.22. The summed E-state index contributed by atoms with van der Waals surface area (Å²) in [4.78, 5) is 16.3. The lowest BCUT2D eigenvalue weighted by Crippen LogP contribution is -2.28. The molecule has 1 aliphatic carbocycles. The maximum absolute atomic E-state index is 12.8. The zero-order valence-electron chi connectivity index (χ0n) is 15.3. The van der Waals surface area contributed by atoms with E-state index in [1.54, 1.807) is 7.11 Å². The van der Waals surface area contributed by atoms with Gasteiger partial charge in [-0.3, -0.25) is 4.79 Å². The monoisotopic (exact) mass is 348 g/mol. The van der Waals surface area contributed by atoms with Gasteiger partial charge in [0, 0.05) is 28.2 Å². The van der Waals surface area contributed by atoms with Crippen LogP contribution < -0.4 is 10.1 Å². The quantitative estimate of drug-likeness (QED) is 0.730. The van der Waals surface area contributed by atoms with Gasteiger partial charge in [-0.05, 0) is 67.1 Å². The Bertz CT molecular complexity index is 941. The molecule has 0 radical (unpaired) electrons. The molecule has 4 nitrogen and oxygen atoms in total. The summed E-state index contributed by atoms with van der Waals surface area (Å²) in [5, 5.41) is 4.25. The molecule has 0 spiro atoms. The molecule has 26 heavy (non-hydrogen) atoms. The number of carbonyl (C=O) groups excluding carboxylic acids is 1. The van der Waals surface area contributed by atoms with Gasteiger partial charge in [0.1, 0.15) is 5.75 Å². The molecule has 4 rings (SSSR count). The van der Waals surface area contributed by atoms with Gasteiger partial charge in [0.2, 0.25) is 5.91 Å². The van der Waals surface area contributed by atoms with E-state index in [0.29, 0.717) is 0 Å². The molecule has 4 heteroatoms. The summed E-state index contributed by atoms with van der Waals surface area (Å²) < 4.78 is 5.36. The van der Waals surface area contributed by atoms with Gasteiger partial charge in [0.15, 0.2) is 0 Å². The first-order valence-electron chi connectivity index (χ1n) is 9.25. The molecule has 0 saturated heterocycles. The van der Waals surface area contributed by atoms with Crippen molar-refractivity contribution in [1.82, 2.24) is 4.98 Å². The van der Waals surface area contributed by atoms with Crippen molar-refractivity contribution in [3.05, 3.63) is 59.3 Å². The Labute approximate surface area is 153 Å². The fraction of sp³-hybridized carbons (Fsp3) is 0.318. The van der Waals surface area contributed by atoms with Crippen LogP contribution in [0.15, 0.2) is 42.5 Å². The smallest absolute Gasteiger partial charge is 0.227 e. The van der Waals surface area contributed by atoms with Crippen LogP contribution in [0.1, 0.15) is 30.2 Å². The van der Waals surface area contributed by atoms with Crippen LogP contribution in [-0.2, 0) is 24.1 Å². The van der Waals surface area contributed by atoms with Gasteiger partial charge in [-0.1, -0.05) is 19.1 Å². The average Bonchev–Trinajstić information content (AvgIpc) is 3.05. The molecular formula is C22H24N2O2. The summed E-state index contributed by atoms with van der Waals surface area (Å²) in [5.74, 6) is 0.956. The van der Waals surface area contributed by atoms with Gasteiger partial charge < -0.3 is 15.0 Å². The molecule has 0 aliphatic heterocycles. The summed E-state index contributed by atoms with van der Waals surface area (Å²) >= 11 is 0. The second-order valence-electron chi connectivity index (χ2n) is 6.97. The number of fused-ring (bicyclic) bond motifs is 3. The highest BCUT2D eigenvalue weighted by Crippen LogP contribution is 2.34. The van der Waals surface area contributed by atoms with E-state index in [0.717, 1.165) is 42.6 Å². The lowest BCUT2D eigenvalue weighted by molar-refractivity contribution is -0.120. The molecule has 1 aromatic heterocycles. The van der Waals surface area contributed by atoms with E-state index < -0.39 is 0 Å². The molecule has 0 bridgehead atoms. The molecule has 1 atom stereocenters. The zero-order chi connectivity index (χ0) is 18.1. The number of amides is 1. The highest BCUT2D eigenvalue weighted by atomic mass is 16.5. The number of nitrogens with one attached hydrogen (secondary N) is 2. The average molecular weight is 348 g/mol. The number of aromatic amines is 1. The number of anilines is 1. The van der Waals surface area contributed by atoms with Gasteiger partial charge >= 0.3 is 0 Å². The van der Waals surface area contributed by atoms with E-state index >= 15 is 0 Å². The number of ether oxygens (including phenoxy) is 1. The third kappa shape index (κ3) is 3.07. The predicted molar refractivity (Wildman–Crippen MR) is 105 cm³/mol. The molecule has 1 aliphatic rings. The van der Waals surface area contributed by atoms with E-state index in [4.69, 9.17) is 4.74 Å². The molecule has 2 aromatic carbocycles. The first-order valence-corrected chi connectivity index (χ1v) is 9.25. The van der Waals surface area contributed by atoms with Crippen LogP contribution in [0.25, 0.3) is 10.9 Å². The number of hydrogen-bond donors (Lipinski definition) is 2. The Kier molecular flexibility index (Phi) is 4.41. The van der Waals surface area contributed by atoms with Crippen LogP contribution in [-0.4, -0.2) is 18.0 Å². The maximum atomic E-state index is 12.8. The summed E-state index contributed by atoms with van der Waals surface area (Å²) in [6, 6.07) is 14.2. The van der Waals surface area contributed by atoms with Crippen molar-refractivity contribution < 1.29 is 9.53 Å². The Morgan fingerprint density at radius 1 is 1.23 bits per heavy atom. The normalized spacial score (nSPS) is 16.3. The number of rotatable bonds is 4. The molecule has 0 fully saturated rings. The summed E-state index contributed by atoms with van der Waals surface area (Å²) in [6.07, 6.45) is 3.54. The predicted octanol–water partition coefficient (Wildman–Crippen LogP) is 4.48. The molecule has 0 saturated carbocycles. The van der Waals surface area contributed by atoms with Gasteiger partial charge in [-0.2, -0.15) is 0 Å². The molecule has 3 aromatic rings. The Hall–Kier alpha value is -2.75. The standard InChI is InChI=1S/C22H24N2O2/c1-3-14-4-7-16(8-5-14)23-22(25)15-6-10-20-18(12-15)19-13-17(26-2)9-11-21(19)24-20/h4-5,7-9,11,13,15,24H,3,6,10,12H2,1-2H3,(H,23,25). The topological polar surface area (TPSA) is 54.1 Å². The van der Waals surface area contributed by atoms with Gasteiger partial charge in [0.05, 0.1) is 7.11 Å². The first-order chi connectivity index (χ1) is 12.7. The van der Waals surface area contributed by atoms with E-state index in [-0.39, 0.29) is 11.8 Å². The van der Waals surface area contributed by atoms with E-state index in [1.165, 1.54) is 22.2 Å². The highest BCUT2D eigenvalue weighted by Gasteiger charge is 2.27.